The molecule has 1 saturated carbocycles. The Morgan fingerprint density at radius 2 is 2.00 bits per heavy atom. The molecule has 88 valence electrons. The van der Waals surface area contributed by atoms with E-state index in [-0.39, 0.29) is 13.0 Å². The van der Waals surface area contributed by atoms with Gasteiger partial charge in [-0.05, 0) is 25.2 Å². The van der Waals surface area contributed by atoms with E-state index in [0.717, 1.165) is 19.4 Å². The lowest BCUT2D eigenvalue weighted by atomic mass is 9.85. The van der Waals surface area contributed by atoms with Gasteiger partial charge in [-0.1, -0.05) is 6.42 Å². The highest BCUT2D eigenvalue weighted by Crippen LogP contribution is 2.38. The van der Waals surface area contributed by atoms with E-state index in [4.69, 9.17) is 0 Å². The lowest BCUT2D eigenvalue weighted by Crippen LogP contribution is -2.47. The summed E-state index contributed by atoms with van der Waals surface area (Å²) in [5, 5.41) is 9.44. The molecular weight excluding hydrogens is 207 g/mol. The zero-order chi connectivity index (χ0) is 11.1. The third-order valence-electron chi connectivity index (χ3n) is 3.60. The van der Waals surface area contributed by atoms with Crippen molar-refractivity contribution < 1.29 is 18.3 Å². The lowest BCUT2D eigenvalue weighted by Gasteiger charge is -2.31. The van der Waals surface area contributed by atoms with Gasteiger partial charge in [-0.3, -0.25) is 4.90 Å². The zero-order valence-electron chi connectivity index (χ0n) is 8.56. The fourth-order valence-corrected chi connectivity index (χ4v) is 2.30. The Hall–Kier alpha value is -0.290. The summed E-state index contributed by atoms with van der Waals surface area (Å²) in [6, 6.07) is 0. The van der Waals surface area contributed by atoms with Crippen LogP contribution in [0.1, 0.15) is 25.7 Å². The van der Waals surface area contributed by atoms with Gasteiger partial charge in [-0.2, -0.15) is 13.2 Å². The van der Waals surface area contributed by atoms with Gasteiger partial charge in [0.15, 0.2) is 5.60 Å². The summed E-state index contributed by atoms with van der Waals surface area (Å²) in [6.45, 7) is 0.845. The fraction of sp³-hybridized carbons (Fsp3) is 1.00. The van der Waals surface area contributed by atoms with E-state index < -0.39 is 11.8 Å². The van der Waals surface area contributed by atoms with Crippen LogP contribution in [0.2, 0.25) is 0 Å². The number of likely N-dealkylation sites (tertiary alicyclic amines) is 1. The molecule has 0 radical (unpaired) electrons. The van der Waals surface area contributed by atoms with E-state index in [2.05, 4.69) is 0 Å². The smallest absolute Gasteiger partial charge is 0.379 e. The van der Waals surface area contributed by atoms with Crippen molar-refractivity contribution in [3.8, 4) is 0 Å². The largest absolute Gasteiger partial charge is 0.418 e. The maximum atomic E-state index is 12.5. The van der Waals surface area contributed by atoms with Gasteiger partial charge >= 0.3 is 6.18 Å². The van der Waals surface area contributed by atoms with Crippen LogP contribution in [0.25, 0.3) is 0 Å². The van der Waals surface area contributed by atoms with Crippen LogP contribution in [-0.4, -0.2) is 41.4 Å². The van der Waals surface area contributed by atoms with Crippen molar-refractivity contribution in [1.82, 2.24) is 4.90 Å². The third kappa shape index (κ3) is 2.13. The first kappa shape index (κ1) is 11.2. The summed E-state index contributed by atoms with van der Waals surface area (Å²) in [6.07, 6.45) is -1.21. The first-order valence-corrected chi connectivity index (χ1v) is 5.42. The van der Waals surface area contributed by atoms with Crippen molar-refractivity contribution in [2.75, 3.05) is 19.6 Å². The van der Waals surface area contributed by atoms with Crippen molar-refractivity contribution in [2.45, 2.75) is 37.5 Å². The molecule has 2 aliphatic rings. The zero-order valence-corrected chi connectivity index (χ0v) is 8.56. The Morgan fingerprint density at radius 1 is 1.33 bits per heavy atom. The summed E-state index contributed by atoms with van der Waals surface area (Å²) in [4.78, 5) is 1.75. The van der Waals surface area contributed by atoms with E-state index in [1.54, 1.807) is 4.90 Å². The second-order valence-electron chi connectivity index (χ2n) is 4.81. The molecule has 2 nitrogen and oxygen atoms in total. The molecule has 1 saturated heterocycles. The number of β-amino-alcohol motifs (C(OH)–C–C–N with tert-alkyl or cyclic N) is 1. The number of hydrogen-bond donors (Lipinski definition) is 1. The highest BCUT2D eigenvalue weighted by atomic mass is 19.4. The molecule has 1 N–H and O–H groups in total. The third-order valence-corrected chi connectivity index (χ3v) is 3.60. The van der Waals surface area contributed by atoms with Gasteiger partial charge < -0.3 is 5.11 Å². The Balaban J connectivity index is 1.87. The lowest BCUT2D eigenvalue weighted by molar-refractivity contribution is -0.254. The number of halogens is 3. The summed E-state index contributed by atoms with van der Waals surface area (Å²) in [5.74, 6) is 0.556. The van der Waals surface area contributed by atoms with E-state index in [1.807, 2.05) is 0 Å². The number of rotatable bonds is 2. The van der Waals surface area contributed by atoms with E-state index in [9.17, 15) is 18.3 Å². The van der Waals surface area contributed by atoms with Gasteiger partial charge in [0, 0.05) is 19.6 Å². The van der Waals surface area contributed by atoms with E-state index in [0.29, 0.717) is 12.5 Å². The Morgan fingerprint density at radius 3 is 2.40 bits per heavy atom. The van der Waals surface area contributed by atoms with E-state index >= 15 is 0 Å². The Kier molecular flexibility index (Phi) is 2.71. The maximum absolute atomic E-state index is 12.5. The van der Waals surface area contributed by atoms with E-state index in [1.165, 1.54) is 6.42 Å². The Labute approximate surface area is 87.1 Å². The summed E-state index contributed by atoms with van der Waals surface area (Å²) in [5.41, 5.74) is -2.46. The molecule has 0 bridgehead atoms. The monoisotopic (exact) mass is 223 g/mol. The molecule has 0 aromatic heterocycles. The molecule has 2 rings (SSSR count). The van der Waals surface area contributed by atoms with Crippen LogP contribution in [0.3, 0.4) is 0 Å². The predicted molar refractivity (Wildman–Crippen MR) is 49.4 cm³/mol. The number of hydrogen-bond acceptors (Lipinski definition) is 2. The van der Waals surface area contributed by atoms with Crippen LogP contribution >= 0.6 is 0 Å². The molecule has 0 amide bonds. The molecule has 2 fully saturated rings. The molecule has 0 spiro atoms. The maximum Gasteiger partial charge on any atom is 0.418 e. The highest BCUT2D eigenvalue weighted by molar-refractivity contribution is 4.96. The average Bonchev–Trinajstić information content (AvgIpc) is 2.40. The van der Waals surface area contributed by atoms with Crippen LogP contribution in [-0.2, 0) is 0 Å². The second kappa shape index (κ2) is 3.63. The molecule has 0 unspecified atom stereocenters. The summed E-state index contributed by atoms with van der Waals surface area (Å²) >= 11 is 0. The van der Waals surface area contributed by atoms with Gasteiger partial charge in [0.1, 0.15) is 0 Å². The van der Waals surface area contributed by atoms with Gasteiger partial charge in [0.2, 0.25) is 0 Å². The van der Waals surface area contributed by atoms with Crippen LogP contribution in [0.15, 0.2) is 0 Å². The van der Waals surface area contributed by atoms with Crippen molar-refractivity contribution in [3.63, 3.8) is 0 Å². The predicted octanol–water partition coefficient (Wildman–Crippen LogP) is 1.79. The highest BCUT2D eigenvalue weighted by Gasteiger charge is 2.57. The second-order valence-corrected chi connectivity index (χ2v) is 4.81. The SMILES string of the molecule is O[C@]1(C(F)(F)F)CCN(CC2CCC2)C1. The number of alkyl halides is 3. The molecule has 1 heterocycles. The summed E-state index contributed by atoms with van der Waals surface area (Å²) < 4.78 is 37.4. The quantitative estimate of drug-likeness (QED) is 0.771. The normalized spacial score (nSPS) is 34.4. The van der Waals surface area contributed by atoms with Gasteiger partial charge in [0.05, 0.1) is 0 Å². The van der Waals surface area contributed by atoms with Gasteiger partial charge in [0.25, 0.3) is 0 Å². The molecule has 0 aromatic rings. The Bertz CT molecular complexity index is 239. The minimum absolute atomic E-state index is 0.177. The average molecular weight is 223 g/mol. The molecule has 15 heavy (non-hydrogen) atoms. The molecule has 0 aromatic carbocycles. The number of nitrogens with zero attached hydrogens (tertiary/aromatic N) is 1. The van der Waals surface area contributed by atoms with Crippen molar-refractivity contribution >= 4 is 0 Å². The van der Waals surface area contributed by atoms with Crippen LogP contribution in [0.4, 0.5) is 13.2 Å². The van der Waals surface area contributed by atoms with Crippen LogP contribution < -0.4 is 0 Å². The molecule has 1 aliphatic carbocycles. The van der Waals surface area contributed by atoms with Crippen molar-refractivity contribution in [1.29, 1.82) is 0 Å². The van der Waals surface area contributed by atoms with Crippen LogP contribution in [0, 0.1) is 5.92 Å². The molecule has 1 aliphatic heterocycles. The minimum atomic E-state index is -4.48. The van der Waals surface area contributed by atoms with Crippen LogP contribution in [0.5, 0.6) is 0 Å². The standard InChI is InChI=1S/C10H16F3NO/c11-10(12,13)9(15)4-5-14(7-9)6-8-2-1-3-8/h8,15H,1-7H2/t9-/m1/s1. The minimum Gasteiger partial charge on any atom is -0.379 e. The number of aliphatic hydroxyl groups is 1. The molecular formula is C10H16F3NO. The van der Waals surface area contributed by atoms with Crippen molar-refractivity contribution in [3.05, 3.63) is 0 Å². The topological polar surface area (TPSA) is 23.5 Å². The molecule has 1 atom stereocenters. The molecule has 5 heteroatoms. The fourth-order valence-electron chi connectivity index (χ4n) is 2.30. The first-order valence-electron chi connectivity index (χ1n) is 5.42. The first-order chi connectivity index (χ1) is 6.91. The van der Waals surface area contributed by atoms with Gasteiger partial charge in [-0.25, -0.2) is 0 Å². The van der Waals surface area contributed by atoms with Gasteiger partial charge in [-0.15, -0.1) is 0 Å². The summed E-state index contributed by atoms with van der Waals surface area (Å²) in [7, 11) is 0. The van der Waals surface area contributed by atoms with Crippen molar-refractivity contribution in [2.24, 2.45) is 5.92 Å².